The van der Waals surface area contributed by atoms with Crippen LogP contribution >= 0.6 is 0 Å². The van der Waals surface area contributed by atoms with E-state index in [9.17, 15) is 4.79 Å². The number of ether oxygens (including phenoxy) is 1. The number of methoxy groups -OCH3 is 1. The van der Waals surface area contributed by atoms with Crippen molar-refractivity contribution in [1.29, 1.82) is 0 Å². The van der Waals surface area contributed by atoms with E-state index in [0.717, 1.165) is 30.1 Å². The van der Waals surface area contributed by atoms with Gasteiger partial charge in [-0.25, -0.2) is 0 Å². The van der Waals surface area contributed by atoms with Gasteiger partial charge in [0, 0.05) is 26.6 Å². The molecule has 0 atom stereocenters. The van der Waals surface area contributed by atoms with Crippen molar-refractivity contribution in [2.24, 2.45) is 5.73 Å². The smallest absolute Gasteiger partial charge is 0.228 e. The number of carbonyl (C=O) groups excluding carboxylic acids is 1. The van der Waals surface area contributed by atoms with Crippen molar-refractivity contribution in [1.82, 2.24) is 0 Å². The minimum absolute atomic E-state index is 0.129. The average Bonchev–Trinajstić information content (AvgIpc) is 2.56. The first-order chi connectivity index (χ1) is 9.19. The molecular formula is C14H21N3O2. The number of fused-ring (bicyclic) bond motifs is 1. The molecule has 1 amide bonds. The third-order valence-corrected chi connectivity index (χ3v) is 3.48. The maximum absolute atomic E-state index is 12.0. The van der Waals surface area contributed by atoms with Crippen molar-refractivity contribution in [3.63, 3.8) is 0 Å². The zero-order valence-corrected chi connectivity index (χ0v) is 11.6. The molecule has 1 aliphatic rings. The van der Waals surface area contributed by atoms with E-state index < -0.39 is 0 Å². The molecule has 1 aromatic rings. The van der Waals surface area contributed by atoms with Crippen LogP contribution in [0.1, 0.15) is 12.8 Å². The molecule has 1 heterocycles. The summed E-state index contributed by atoms with van der Waals surface area (Å²) in [6.07, 6.45) is 1.41. The Morgan fingerprint density at radius 2 is 2.21 bits per heavy atom. The Balaban J connectivity index is 2.45. The van der Waals surface area contributed by atoms with E-state index in [2.05, 4.69) is 4.90 Å². The van der Waals surface area contributed by atoms with Gasteiger partial charge in [-0.15, -0.1) is 0 Å². The lowest BCUT2D eigenvalue weighted by Crippen LogP contribution is -2.28. The summed E-state index contributed by atoms with van der Waals surface area (Å²) in [7, 11) is 3.47. The largest absolute Gasteiger partial charge is 0.495 e. The second kappa shape index (κ2) is 5.93. The van der Waals surface area contributed by atoms with Gasteiger partial charge in [-0.2, -0.15) is 0 Å². The molecule has 5 heteroatoms. The number of nitrogens with two attached hydrogens (primary N) is 1. The third-order valence-electron chi connectivity index (χ3n) is 3.48. The van der Waals surface area contributed by atoms with Gasteiger partial charge >= 0.3 is 0 Å². The second-order valence-corrected chi connectivity index (χ2v) is 4.66. The fourth-order valence-electron chi connectivity index (χ4n) is 2.41. The number of amides is 1. The summed E-state index contributed by atoms with van der Waals surface area (Å²) >= 11 is 0. The van der Waals surface area contributed by atoms with Gasteiger partial charge in [0.05, 0.1) is 12.8 Å². The quantitative estimate of drug-likeness (QED) is 0.887. The van der Waals surface area contributed by atoms with Crippen molar-refractivity contribution in [2.45, 2.75) is 12.8 Å². The summed E-state index contributed by atoms with van der Waals surface area (Å²) in [5.74, 6) is 0.931. The zero-order chi connectivity index (χ0) is 13.8. The first-order valence-corrected chi connectivity index (χ1v) is 6.57. The highest BCUT2D eigenvalue weighted by Crippen LogP contribution is 2.39. The number of nitrogens with zero attached hydrogens (tertiary/aromatic N) is 2. The zero-order valence-electron chi connectivity index (χ0n) is 11.6. The molecule has 0 spiro atoms. The van der Waals surface area contributed by atoms with Gasteiger partial charge in [0.2, 0.25) is 5.91 Å². The predicted molar refractivity (Wildman–Crippen MR) is 76.9 cm³/mol. The van der Waals surface area contributed by atoms with Crippen LogP contribution in [0.25, 0.3) is 0 Å². The fraction of sp³-hybridized carbons (Fsp3) is 0.500. The van der Waals surface area contributed by atoms with Crippen LogP contribution in [0, 0.1) is 0 Å². The van der Waals surface area contributed by atoms with Gasteiger partial charge in [0.1, 0.15) is 11.4 Å². The molecule has 0 aromatic heterocycles. The molecule has 19 heavy (non-hydrogen) atoms. The van der Waals surface area contributed by atoms with E-state index in [1.54, 1.807) is 12.0 Å². The number of hydrogen-bond acceptors (Lipinski definition) is 4. The number of rotatable bonds is 4. The van der Waals surface area contributed by atoms with Crippen molar-refractivity contribution in [2.75, 3.05) is 43.6 Å². The SMILES string of the molecule is COc1cccc2c1N(CCCN)CCC(=O)N2C. The first kappa shape index (κ1) is 13.7. The molecule has 0 saturated carbocycles. The molecule has 0 fully saturated rings. The van der Waals surface area contributed by atoms with Crippen molar-refractivity contribution in [3.8, 4) is 5.75 Å². The standard InChI is InChI=1S/C14H21N3O2/c1-16-11-5-3-6-12(19-2)14(11)17(9-4-8-15)10-7-13(16)18/h3,5-6H,4,7-10,15H2,1-2H3. The van der Waals surface area contributed by atoms with Crippen LogP contribution in [0.2, 0.25) is 0 Å². The van der Waals surface area contributed by atoms with Gasteiger partial charge in [-0.1, -0.05) is 6.07 Å². The lowest BCUT2D eigenvalue weighted by Gasteiger charge is -2.27. The molecule has 5 nitrogen and oxygen atoms in total. The highest BCUT2D eigenvalue weighted by molar-refractivity contribution is 5.99. The molecule has 2 N–H and O–H groups in total. The minimum atomic E-state index is 0.129. The number of anilines is 2. The number of carbonyl (C=O) groups is 1. The van der Waals surface area contributed by atoms with E-state index >= 15 is 0 Å². The number of para-hydroxylation sites is 1. The molecule has 0 unspecified atom stereocenters. The van der Waals surface area contributed by atoms with E-state index in [1.807, 2.05) is 25.2 Å². The highest BCUT2D eigenvalue weighted by Gasteiger charge is 2.25. The molecule has 0 aliphatic carbocycles. The van der Waals surface area contributed by atoms with E-state index in [1.165, 1.54) is 0 Å². The fourth-order valence-corrected chi connectivity index (χ4v) is 2.41. The van der Waals surface area contributed by atoms with Crippen LogP contribution in [-0.4, -0.2) is 39.7 Å². The first-order valence-electron chi connectivity index (χ1n) is 6.57. The van der Waals surface area contributed by atoms with Crippen LogP contribution in [0.4, 0.5) is 11.4 Å². The summed E-state index contributed by atoms with van der Waals surface area (Å²) in [5.41, 5.74) is 7.49. The molecule has 0 radical (unpaired) electrons. The monoisotopic (exact) mass is 263 g/mol. The van der Waals surface area contributed by atoms with Crippen LogP contribution in [0.3, 0.4) is 0 Å². The molecule has 1 aromatic carbocycles. The summed E-state index contributed by atoms with van der Waals surface area (Å²) in [6, 6.07) is 5.79. The molecule has 0 bridgehead atoms. The lowest BCUT2D eigenvalue weighted by atomic mass is 10.2. The second-order valence-electron chi connectivity index (χ2n) is 4.66. The third kappa shape index (κ3) is 2.66. The van der Waals surface area contributed by atoms with Gasteiger partial charge in [-0.05, 0) is 25.1 Å². The summed E-state index contributed by atoms with van der Waals surface area (Å²) in [4.78, 5) is 15.9. The van der Waals surface area contributed by atoms with Crippen LogP contribution in [-0.2, 0) is 4.79 Å². The summed E-state index contributed by atoms with van der Waals surface area (Å²) < 4.78 is 5.45. The highest BCUT2D eigenvalue weighted by atomic mass is 16.5. The van der Waals surface area contributed by atoms with E-state index in [4.69, 9.17) is 10.5 Å². The van der Waals surface area contributed by atoms with Crippen molar-refractivity contribution >= 4 is 17.3 Å². The van der Waals surface area contributed by atoms with Gasteiger partial charge < -0.3 is 20.3 Å². The Morgan fingerprint density at radius 1 is 1.42 bits per heavy atom. The predicted octanol–water partition coefficient (Wildman–Crippen LogP) is 1.22. The van der Waals surface area contributed by atoms with Gasteiger partial charge in [0.15, 0.2) is 0 Å². The van der Waals surface area contributed by atoms with Crippen LogP contribution in [0.5, 0.6) is 5.75 Å². The maximum Gasteiger partial charge on any atom is 0.228 e. The molecule has 1 aliphatic heterocycles. The van der Waals surface area contributed by atoms with E-state index in [-0.39, 0.29) is 5.91 Å². The normalized spacial score (nSPS) is 15.2. The summed E-state index contributed by atoms with van der Waals surface area (Å²) in [5, 5.41) is 0. The Bertz CT molecular complexity index is 462. The minimum Gasteiger partial charge on any atom is -0.495 e. The Hall–Kier alpha value is -1.75. The average molecular weight is 263 g/mol. The number of benzene rings is 1. The van der Waals surface area contributed by atoms with Crippen LogP contribution < -0.4 is 20.3 Å². The van der Waals surface area contributed by atoms with Gasteiger partial charge in [0.25, 0.3) is 0 Å². The molecule has 2 rings (SSSR count). The van der Waals surface area contributed by atoms with Crippen LogP contribution in [0.15, 0.2) is 18.2 Å². The topological polar surface area (TPSA) is 58.8 Å². The Morgan fingerprint density at radius 3 is 2.89 bits per heavy atom. The number of hydrogen-bond donors (Lipinski definition) is 1. The lowest BCUT2D eigenvalue weighted by molar-refractivity contribution is -0.118. The Kier molecular flexibility index (Phi) is 4.27. The molecule has 0 saturated heterocycles. The summed E-state index contributed by atoms with van der Waals surface area (Å²) in [6.45, 7) is 2.19. The van der Waals surface area contributed by atoms with E-state index in [0.29, 0.717) is 19.5 Å². The maximum atomic E-state index is 12.0. The Labute approximate surface area is 113 Å². The van der Waals surface area contributed by atoms with Crippen molar-refractivity contribution in [3.05, 3.63) is 18.2 Å². The molecule has 104 valence electrons. The molecular weight excluding hydrogens is 242 g/mol. The van der Waals surface area contributed by atoms with Crippen molar-refractivity contribution < 1.29 is 9.53 Å². The van der Waals surface area contributed by atoms with Gasteiger partial charge in [-0.3, -0.25) is 4.79 Å².